The number of amides is 1. The molecule has 1 aliphatic heterocycles. The number of hydrogen-bond donors (Lipinski definition) is 0. The fourth-order valence-corrected chi connectivity index (χ4v) is 5.70. The van der Waals surface area contributed by atoms with E-state index in [1.54, 1.807) is 35.0 Å². The average molecular weight is 643 g/mol. The van der Waals surface area contributed by atoms with E-state index in [1.807, 2.05) is 48.2 Å². The number of ether oxygens (including phenoxy) is 2. The lowest BCUT2D eigenvalue weighted by atomic mass is 9.99. The first-order chi connectivity index (χ1) is 22.1. The molecule has 3 aromatic rings. The fraction of sp³-hybridized carbons (Fsp3) is 0.459. The molecule has 0 spiro atoms. The number of carbonyl (C=O) groups excluding carboxylic acids is 2. The summed E-state index contributed by atoms with van der Waals surface area (Å²) in [5.41, 5.74) is 3.12. The minimum Gasteiger partial charge on any atom is -0.352 e. The van der Waals surface area contributed by atoms with Crippen molar-refractivity contribution >= 4 is 23.6 Å². The van der Waals surface area contributed by atoms with E-state index < -0.39 is 12.3 Å². The van der Waals surface area contributed by atoms with Crippen LogP contribution in [0.3, 0.4) is 0 Å². The fourth-order valence-electron chi connectivity index (χ4n) is 5.09. The molecule has 1 atom stereocenters. The molecule has 1 aromatic heterocycles. The molecular weight excluding hydrogens is 596 g/mol. The SMILES string of the molecule is Cc1ccc(SN=c2ccc(C(=O)N(CCC(C)C)CCC(C)C)cn2C(CC2OCCCO2)C(=O)c2ccc(C#N)cc2)cc1. The van der Waals surface area contributed by atoms with E-state index in [1.165, 1.54) is 11.9 Å². The third kappa shape index (κ3) is 10.1. The van der Waals surface area contributed by atoms with Gasteiger partial charge in [-0.05, 0) is 74.4 Å². The van der Waals surface area contributed by atoms with E-state index in [0.29, 0.717) is 60.3 Å². The van der Waals surface area contributed by atoms with Crippen molar-refractivity contribution in [2.75, 3.05) is 26.3 Å². The second-order valence-electron chi connectivity index (χ2n) is 12.7. The lowest BCUT2D eigenvalue weighted by Crippen LogP contribution is -2.38. The number of carbonyl (C=O) groups is 2. The van der Waals surface area contributed by atoms with Gasteiger partial charge in [-0.1, -0.05) is 57.5 Å². The second kappa shape index (κ2) is 17.3. The minimum atomic E-state index is -0.777. The molecule has 0 aliphatic carbocycles. The third-order valence-electron chi connectivity index (χ3n) is 7.96. The molecule has 46 heavy (non-hydrogen) atoms. The Hall–Kier alpha value is -3.71. The molecule has 1 unspecified atom stereocenters. The number of rotatable bonds is 14. The number of pyridine rings is 1. The molecule has 244 valence electrons. The summed E-state index contributed by atoms with van der Waals surface area (Å²) >= 11 is 1.31. The van der Waals surface area contributed by atoms with Crippen LogP contribution in [0.25, 0.3) is 0 Å². The molecule has 0 bridgehead atoms. The number of nitriles is 1. The number of Topliss-reactive ketones (excluding diaryl/α,β-unsaturated/α-hetero) is 1. The Morgan fingerprint density at radius 3 is 2.13 bits per heavy atom. The van der Waals surface area contributed by atoms with Crippen molar-refractivity contribution in [3.05, 3.63) is 94.6 Å². The van der Waals surface area contributed by atoms with E-state index >= 15 is 0 Å². The summed E-state index contributed by atoms with van der Waals surface area (Å²) in [6, 6.07) is 19.7. The molecule has 1 fully saturated rings. The number of nitrogens with zero attached hydrogens (tertiary/aromatic N) is 4. The second-order valence-corrected chi connectivity index (χ2v) is 13.5. The van der Waals surface area contributed by atoms with Crippen molar-refractivity contribution in [2.45, 2.75) is 77.5 Å². The Balaban J connectivity index is 1.81. The lowest BCUT2D eigenvalue weighted by molar-refractivity contribution is -0.184. The first-order valence-electron chi connectivity index (χ1n) is 16.2. The topological polar surface area (TPSA) is 96.9 Å². The maximum Gasteiger partial charge on any atom is 0.255 e. The van der Waals surface area contributed by atoms with Gasteiger partial charge in [-0.3, -0.25) is 9.59 Å². The van der Waals surface area contributed by atoms with E-state index in [9.17, 15) is 14.9 Å². The van der Waals surface area contributed by atoms with Gasteiger partial charge in [0.15, 0.2) is 12.1 Å². The van der Waals surface area contributed by atoms with Gasteiger partial charge in [0.2, 0.25) is 0 Å². The van der Waals surface area contributed by atoms with Crippen LogP contribution in [0.4, 0.5) is 0 Å². The molecular formula is C37H46N4O4S. The highest BCUT2D eigenvalue weighted by molar-refractivity contribution is 7.98. The van der Waals surface area contributed by atoms with Gasteiger partial charge in [0.25, 0.3) is 5.91 Å². The zero-order valence-corrected chi connectivity index (χ0v) is 28.5. The Labute approximate surface area is 277 Å². The number of hydrogen-bond acceptors (Lipinski definition) is 7. The van der Waals surface area contributed by atoms with E-state index in [0.717, 1.165) is 29.7 Å². The molecule has 0 N–H and O–H groups in total. The van der Waals surface area contributed by atoms with Gasteiger partial charge in [-0.25, -0.2) is 0 Å². The Morgan fingerprint density at radius 2 is 1.54 bits per heavy atom. The van der Waals surface area contributed by atoms with E-state index in [4.69, 9.17) is 13.9 Å². The third-order valence-corrected chi connectivity index (χ3v) is 8.72. The van der Waals surface area contributed by atoms with Crippen LogP contribution in [-0.4, -0.2) is 53.8 Å². The molecule has 2 aromatic carbocycles. The smallest absolute Gasteiger partial charge is 0.255 e. The highest BCUT2D eigenvalue weighted by Gasteiger charge is 2.29. The Bertz CT molecular complexity index is 1540. The van der Waals surface area contributed by atoms with Crippen LogP contribution in [0.15, 0.2) is 76.2 Å². The number of benzene rings is 2. The van der Waals surface area contributed by atoms with Gasteiger partial charge in [0, 0.05) is 48.1 Å². The molecule has 9 heteroatoms. The van der Waals surface area contributed by atoms with Crippen molar-refractivity contribution < 1.29 is 19.1 Å². The van der Waals surface area contributed by atoms with Crippen molar-refractivity contribution in [1.82, 2.24) is 9.47 Å². The van der Waals surface area contributed by atoms with Gasteiger partial charge in [0.05, 0.1) is 30.4 Å². The Morgan fingerprint density at radius 1 is 0.935 bits per heavy atom. The summed E-state index contributed by atoms with van der Waals surface area (Å²) in [6.07, 6.45) is 4.02. The monoisotopic (exact) mass is 642 g/mol. The zero-order valence-electron chi connectivity index (χ0n) is 27.6. The number of aryl methyl sites for hydroxylation is 1. The van der Waals surface area contributed by atoms with Crippen LogP contribution in [0.5, 0.6) is 0 Å². The number of ketones is 1. The predicted octanol–water partition coefficient (Wildman–Crippen LogP) is 7.39. The highest BCUT2D eigenvalue weighted by atomic mass is 32.2. The maximum absolute atomic E-state index is 14.3. The van der Waals surface area contributed by atoms with Crippen LogP contribution in [0.2, 0.25) is 0 Å². The van der Waals surface area contributed by atoms with Gasteiger partial charge in [-0.2, -0.15) is 9.66 Å². The summed E-state index contributed by atoms with van der Waals surface area (Å²) < 4.78 is 18.5. The van der Waals surface area contributed by atoms with Gasteiger partial charge < -0.3 is 18.9 Å². The molecule has 1 aliphatic rings. The standard InChI is InChI=1S/C37H46N4O4S/c1-26(2)17-19-40(20-18-27(3)4)37(43)31-13-16-34(39-46-32-14-7-28(5)8-15-32)41(25-31)33(23-35-44-21-6-22-45-35)36(42)30-11-9-29(24-38)10-12-30/h7-16,25-27,33,35H,6,17-23H2,1-5H3. The Kier molecular flexibility index (Phi) is 13.2. The molecule has 2 heterocycles. The van der Waals surface area contributed by atoms with Crippen molar-refractivity contribution in [3.8, 4) is 6.07 Å². The normalized spacial score (nSPS) is 14.8. The molecule has 1 saturated heterocycles. The molecule has 0 radical (unpaired) electrons. The largest absolute Gasteiger partial charge is 0.352 e. The van der Waals surface area contributed by atoms with Gasteiger partial charge >= 0.3 is 0 Å². The van der Waals surface area contributed by atoms with Gasteiger partial charge in [0.1, 0.15) is 11.5 Å². The molecule has 8 nitrogen and oxygen atoms in total. The summed E-state index contributed by atoms with van der Waals surface area (Å²) in [7, 11) is 0. The number of aromatic nitrogens is 1. The first kappa shape index (κ1) is 35.1. The lowest BCUT2D eigenvalue weighted by Gasteiger charge is -2.29. The summed E-state index contributed by atoms with van der Waals surface area (Å²) in [5, 5.41) is 9.32. The predicted molar refractivity (Wildman–Crippen MR) is 181 cm³/mol. The highest BCUT2D eigenvalue weighted by Crippen LogP contribution is 2.25. The van der Waals surface area contributed by atoms with E-state index in [2.05, 4.69) is 33.8 Å². The van der Waals surface area contributed by atoms with Crippen LogP contribution in [-0.2, 0) is 9.47 Å². The summed E-state index contributed by atoms with van der Waals surface area (Å²) in [4.78, 5) is 31.3. The molecule has 0 saturated carbocycles. The molecule has 4 rings (SSSR count). The quantitative estimate of drug-likeness (QED) is 0.134. The average Bonchev–Trinajstić information content (AvgIpc) is 3.06. The van der Waals surface area contributed by atoms with Crippen LogP contribution >= 0.6 is 11.9 Å². The maximum atomic E-state index is 14.3. The first-order valence-corrected chi connectivity index (χ1v) is 17.0. The summed E-state index contributed by atoms with van der Waals surface area (Å²) in [6.45, 7) is 13.1. The van der Waals surface area contributed by atoms with Crippen molar-refractivity contribution in [3.63, 3.8) is 0 Å². The zero-order chi connectivity index (χ0) is 33.1. The van der Waals surface area contributed by atoms with Crippen molar-refractivity contribution in [2.24, 2.45) is 16.2 Å². The summed E-state index contributed by atoms with van der Waals surface area (Å²) in [5.74, 6) is 0.681. The van der Waals surface area contributed by atoms with E-state index in [-0.39, 0.29) is 18.1 Å². The van der Waals surface area contributed by atoms with Crippen LogP contribution in [0.1, 0.15) is 91.3 Å². The van der Waals surface area contributed by atoms with Gasteiger partial charge in [-0.15, -0.1) is 0 Å². The van der Waals surface area contributed by atoms with Crippen LogP contribution < -0.4 is 5.49 Å². The minimum absolute atomic E-state index is 0.0671. The molecule has 1 amide bonds. The van der Waals surface area contributed by atoms with Crippen molar-refractivity contribution in [1.29, 1.82) is 5.26 Å². The van der Waals surface area contributed by atoms with Crippen LogP contribution in [0, 0.1) is 30.1 Å².